The summed E-state index contributed by atoms with van der Waals surface area (Å²) >= 11 is 42.4. The van der Waals surface area contributed by atoms with Crippen LogP contribution in [0.3, 0.4) is 0 Å². The summed E-state index contributed by atoms with van der Waals surface area (Å²) in [5.41, 5.74) is 5.96. The van der Waals surface area contributed by atoms with E-state index in [1.165, 1.54) is 12.2 Å². The molecule has 0 spiro atoms. The molecular weight excluding hydrogens is 2230 g/mol. The number of halogens is 9. The van der Waals surface area contributed by atoms with Crippen molar-refractivity contribution in [3.8, 4) is 23.0 Å². The third-order valence-electron chi connectivity index (χ3n) is 24.9. The first kappa shape index (κ1) is 128. The van der Waals surface area contributed by atoms with E-state index in [2.05, 4.69) is 142 Å². The molecule has 139 heavy (non-hydrogen) atoms. The molecule has 0 aromatic heterocycles. The standard InChI is InChI=1S/C25H38ClN3O4.C23H33BrClN3O4.C23H32ClN3O3.C22H30ClN3O3.C3H3ClO.2C2H5.BBr3.V.Zn/c1-7-18-13-19(22(32-6)14-21(18)26)12-17(2)23(30)28-10-8-27(9-11-28)20-15-29(16-20)24(31)33-25(3,4)5;1-15(10-16-11-18(24)19(25)12-20(16)31-5)21(29)27-8-6-26(7-9-27)17-13-28(14-17)22(30)32-23(2,3)4;1-5-17-12-18(21(30-4)13-20(17)24)11-16(3)23(29)26-9-7-25(8-10-26)19-14-27(15-19)22(28)6-2;1-4-16-11-17(20(27)12-19(16)23)10-15(3)22(29)25-8-6-24(7-9-25)18-13-26(14-18)21(28)5-2;1-2-3(4)5;2*1-2;2-1(3)4;;/h13-14,17,20H,7-12,15-16H2,1-6H3;11-12,15,17H,6-10,13-14H2,1-5H3;6,12-13,16,19H,2,5,7-11,14-15H2,1,3-4H3;5,11-12,15,18,27H,2,4,6-10,13-14H2,1,3H3;2H,1H2;2*1H2,2H3;;;/q;;;;;2*-1;;;+2/t17-;15-;16-;15-;;;;;;/m1111....../s1. The number of hydrogen-bond acceptors (Lipinski definition) is 19. The second-order valence-corrected chi connectivity index (χ2v) is 45.9. The molecule has 12 rings (SSSR count). The van der Waals surface area contributed by atoms with Gasteiger partial charge in [0.05, 0.1) is 26.4 Å². The first-order valence-electron chi connectivity index (χ1n) is 47.0. The predicted octanol–water partition coefficient (Wildman–Crippen LogP) is 17.6. The van der Waals surface area contributed by atoms with Gasteiger partial charge in [-0.25, -0.2) is 9.59 Å². The van der Waals surface area contributed by atoms with Crippen LogP contribution < -0.4 is 14.2 Å². The number of rotatable bonds is 25. The number of amides is 8. The number of aromatic hydroxyl groups is 1. The van der Waals surface area contributed by atoms with Crippen LogP contribution in [0.1, 0.15) is 143 Å². The number of likely N-dealkylation sites (tertiary alicyclic amines) is 4. The predicted molar refractivity (Wildman–Crippen MR) is 567 cm³/mol. The Kier molecular flexibility index (Phi) is 57.7. The molecule has 4 atom stereocenters. The SMILES string of the molecule is BrB(Br)Br.C=CC(=O)Cl.C=CC(=O)N1CC(N2CCN(C(=O)[C@H](C)Cc3cc(CC)c(Cl)cc3O)CC2)C1.C=CC(=O)N1CC(N2CCN(C(=O)[C@H](C)Cc3cc(CC)c(Cl)cc3OC)CC2)C1.CCc1cc(C[C@@H](C)C(=O)N2CCN(C3CN(C(=O)OC(C)(C)C)C3)CC2)c(OC)cc1Cl.COc1cc(Cl)c(Br)cc1C[C@@H](C)C(=O)N1CCN(C2CN(C(=O)OC(C)(C)C)C2)CC1.[CH2-]C.[CH2-]C.[V].[Zn+2]. The van der Waals surface area contributed by atoms with Crippen molar-refractivity contribution in [2.45, 2.75) is 184 Å². The van der Waals surface area contributed by atoms with Crippen LogP contribution >= 0.6 is 121 Å². The molecular formula is C100H146BBr4Cl5N12O15VZn. The molecule has 4 aromatic carbocycles. The minimum atomic E-state index is -0.509. The summed E-state index contributed by atoms with van der Waals surface area (Å²) < 4.78 is 28.4. The fourth-order valence-electron chi connectivity index (χ4n) is 17.0. The Balaban J connectivity index is 0.000000455. The maximum Gasteiger partial charge on any atom is 2.00 e. The number of benzene rings is 4. The van der Waals surface area contributed by atoms with Gasteiger partial charge in [-0.1, -0.05) is 133 Å². The van der Waals surface area contributed by atoms with Crippen LogP contribution in [-0.4, -0.2) is 334 Å². The Morgan fingerprint density at radius 3 is 0.856 bits per heavy atom. The zero-order chi connectivity index (χ0) is 103. The molecule has 1 N–H and O–H groups in total. The van der Waals surface area contributed by atoms with Crippen LogP contribution in [0.2, 0.25) is 20.1 Å². The molecule has 27 nitrogen and oxygen atoms in total. The summed E-state index contributed by atoms with van der Waals surface area (Å²) in [6.07, 6.45) is 8.09. The largest absolute Gasteiger partial charge is 2.00 e. The van der Waals surface area contributed by atoms with Crippen molar-refractivity contribution >= 4 is 177 Å². The third kappa shape index (κ3) is 39.8. The Bertz CT molecular complexity index is 4650. The molecule has 0 saturated carbocycles. The Morgan fingerprint density at radius 2 is 0.626 bits per heavy atom. The number of phenols is 1. The third-order valence-corrected chi connectivity index (χ3v) is 27.3. The number of nitrogens with zero attached hydrogens (tertiary/aromatic N) is 12. The molecule has 8 amide bonds. The van der Waals surface area contributed by atoms with Crippen molar-refractivity contribution in [1.29, 1.82) is 0 Å². The first-order chi connectivity index (χ1) is 64.7. The van der Waals surface area contributed by atoms with E-state index >= 15 is 0 Å². The molecule has 8 aliphatic rings. The van der Waals surface area contributed by atoms with Gasteiger partial charge in [-0.15, -0.1) is 47.3 Å². The van der Waals surface area contributed by atoms with Gasteiger partial charge in [-0.05, 0) is 195 Å². The van der Waals surface area contributed by atoms with Crippen molar-refractivity contribution in [3.05, 3.63) is 164 Å². The van der Waals surface area contributed by atoms with Crippen LogP contribution in [0.15, 0.2) is 91.0 Å². The Morgan fingerprint density at radius 1 is 0.403 bits per heavy atom. The zero-order valence-corrected chi connectivity index (χ0v) is 99.1. The van der Waals surface area contributed by atoms with Gasteiger partial charge in [0.1, 0.15) is 34.2 Å². The van der Waals surface area contributed by atoms with Crippen molar-refractivity contribution in [3.63, 3.8) is 0 Å². The van der Waals surface area contributed by atoms with Crippen molar-refractivity contribution in [2.75, 3.05) is 178 Å². The average molecular weight is 2380 g/mol. The molecule has 769 valence electrons. The van der Waals surface area contributed by atoms with E-state index in [-0.39, 0.29) is 118 Å². The second-order valence-electron chi connectivity index (χ2n) is 36.6. The molecule has 0 unspecified atom stereocenters. The molecule has 0 bridgehead atoms. The zero-order valence-electron chi connectivity index (χ0n) is 84.6. The number of hydrogen-bond donors (Lipinski definition) is 1. The van der Waals surface area contributed by atoms with E-state index in [0.717, 1.165) is 172 Å². The summed E-state index contributed by atoms with van der Waals surface area (Å²) in [5, 5.41) is 12.3. The Hall–Kier alpha value is -5.19. The molecule has 8 fully saturated rings. The Labute approximate surface area is 910 Å². The number of ether oxygens (including phenoxy) is 5. The number of carbonyl (C=O) groups excluding carboxylic acids is 9. The van der Waals surface area contributed by atoms with Crippen molar-refractivity contribution in [1.82, 2.24) is 58.8 Å². The van der Waals surface area contributed by atoms with E-state index in [1.54, 1.807) is 66.9 Å². The molecule has 0 aliphatic carbocycles. The molecule has 8 aliphatic heterocycles. The summed E-state index contributed by atoms with van der Waals surface area (Å²) in [6.45, 7) is 63.5. The van der Waals surface area contributed by atoms with Gasteiger partial charge in [0.15, 0.2) is 0 Å². The van der Waals surface area contributed by atoms with Gasteiger partial charge >= 0.3 is 34.8 Å². The number of aryl methyl sites for hydroxylation is 3. The van der Waals surface area contributed by atoms with Crippen molar-refractivity contribution in [2.24, 2.45) is 23.7 Å². The van der Waals surface area contributed by atoms with Crippen LogP contribution in [0.5, 0.6) is 23.0 Å². The number of phenolic OH excluding ortho intramolecular Hbond substituents is 1. The number of piperazine rings is 4. The van der Waals surface area contributed by atoms with E-state index in [9.17, 15) is 48.3 Å². The van der Waals surface area contributed by atoms with Gasteiger partial charge in [-0.2, -0.15) is 13.8 Å². The summed E-state index contributed by atoms with van der Waals surface area (Å²) in [7, 11) is 4.88. The van der Waals surface area contributed by atoms with Crippen LogP contribution in [0.4, 0.5) is 9.59 Å². The fraction of sp³-hybridized carbons (Fsp3) is 0.590. The maximum atomic E-state index is 13.1. The summed E-state index contributed by atoms with van der Waals surface area (Å²) in [5.74, 6) is 2.32. The van der Waals surface area contributed by atoms with Crippen LogP contribution in [0, 0.1) is 37.5 Å². The molecule has 8 saturated heterocycles. The molecule has 4 aromatic rings. The van der Waals surface area contributed by atoms with Crippen LogP contribution in [0.25, 0.3) is 0 Å². The van der Waals surface area contributed by atoms with E-state index in [4.69, 9.17) is 81.7 Å². The quantitative estimate of drug-likeness (QED) is 0.0280. The molecule has 1 radical (unpaired) electrons. The normalized spacial score (nSPS) is 17.3. The number of carbonyl (C=O) groups is 9. The van der Waals surface area contributed by atoms with Crippen LogP contribution in [-0.2, 0) is 126 Å². The van der Waals surface area contributed by atoms with E-state index in [0.29, 0.717) is 141 Å². The monoisotopic (exact) mass is 2370 g/mol. The van der Waals surface area contributed by atoms with Gasteiger partial charge in [0, 0.05) is 249 Å². The smallest absolute Gasteiger partial charge is 0.508 e. The number of methoxy groups -OCH3 is 3. The maximum absolute atomic E-state index is 13.1. The van der Waals surface area contributed by atoms with Gasteiger partial charge in [0.2, 0.25) is 40.7 Å². The minimum Gasteiger partial charge on any atom is -0.508 e. The van der Waals surface area contributed by atoms with Gasteiger partial charge < -0.3 is 81.8 Å². The minimum absolute atomic E-state index is 0. The number of allylic oxidation sites excluding steroid dienone is 1. The summed E-state index contributed by atoms with van der Waals surface area (Å²) in [4.78, 5) is 133. The second kappa shape index (κ2) is 62.7. The summed E-state index contributed by atoms with van der Waals surface area (Å²) in [6, 6.07) is 16.5. The first-order valence-corrected chi connectivity index (χ1v) is 52.4. The van der Waals surface area contributed by atoms with Gasteiger partial charge in [-0.3, -0.25) is 53.2 Å². The fourth-order valence-corrected chi connectivity index (χ4v) is 18.4. The molecule has 8 heterocycles. The topological polar surface area (TPSA) is 259 Å². The molecule has 39 heteroatoms. The van der Waals surface area contributed by atoms with E-state index in [1.807, 2.05) is 120 Å². The average Bonchev–Trinajstić information content (AvgIpc) is 0.808. The van der Waals surface area contributed by atoms with Crippen molar-refractivity contribution < 1.29 is 110 Å². The van der Waals surface area contributed by atoms with Gasteiger partial charge in [0.25, 0.3) is 0 Å². The van der Waals surface area contributed by atoms with E-state index < -0.39 is 16.4 Å².